The molecular weight excluding hydrogens is 652 g/mol. The summed E-state index contributed by atoms with van der Waals surface area (Å²) in [6.45, 7) is 1.51. The molecule has 0 spiro atoms. The Hall–Kier alpha value is -5.04. The molecule has 0 saturated carbocycles. The molecule has 3 amide bonds. The molecule has 0 radical (unpaired) electrons. The minimum absolute atomic E-state index is 0.0367. The number of H-pyrrole nitrogens is 1. The van der Waals surface area contributed by atoms with Crippen LogP contribution in [0, 0.1) is 0 Å². The predicted octanol–water partition coefficient (Wildman–Crippen LogP) is -0.598. The van der Waals surface area contributed by atoms with Gasteiger partial charge in [-0.3, -0.25) is 29.0 Å². The van der Waals surface area contributed by atoms with Crippen LogP contribution in [0.2, 0.25) is 0 Å². The Morgan fingerprint density at radius 2 is 1.77 bits per heavy atom. The van der Waals surface area contributed by atoms with Crippen LogP contribution in [0.5, 0.6) is 0 Å². The summed E-state index contributed by atoms with van der Waals surface area (Å²) in [6.07, 6.45) is -5.04. The van der Waals surface area contributed by atoms with E-state index in [9.17, 15) is 44.1 Å². The van der Waals surface area contributed by atoms with Gasteiger partial charge >= 0.3 is 11.9 Å². The van der Waals surface area contributed by atoms with Crippen molar-refractivity contribution in [3.8, 4) is 0 Å². The van der Waals surface area contributed by atoms with Crippen molar-refractivity contribution < 1.29 is 49.1 Å². The molecule has 1 fully saturated rings. The predicted molar refractivity (Wildman–Crippen MR) is 172 cm³/mol. The Morgan fingerprint density at radius 3 is 2.40 bits per heavy atom. The van der Waals surface area contributed by atoms with Crippen LogP contribution in [-0.4, -0.2) is 102 Å². The van der Waals surface area contributed by atoms with E-state index in [0.717, 1.165) is 11.8 Å². The summed E-state index contributed by atoms with van der Waals surface area (Å²) in [5, 5.41) is 43.1. The molecule has 17 nitrogen and oxygen atoms in total. The number of aromatic nitrogens is 2. The zero-order valence-electron chi connectivity index (χ0n) is 25.5. The van der Waals surface area contributed by atoms with Crippen molar-refractivity contribution in [1.82, 2.24) is 20.6 Å². The average Bonchev–Trinajstić information content (AvgIpc) is 3.27. The first-order chi connectivity index (χ1) is 22.7. The number of hydrogen-bond acceptors (Lipinski definition) is 12. The maximum atomic E-state index is 13.5. The summed E-state index contributed by atoms with van der Waals surface area (Å²) in [7, 11) is 0. The van der Waals surface area contributed by atoms with Gasteiger partial charge < -0.3 is 46.4 Å². The highest BCUT2D eigenvalue weighted by Crippen LogP contribution is 2.23. The number of amides is 3. The second-order valence-corrected chi connectivity index (χ2v) is 11.9. The smallest absolute Gasteiger partial charge is 0.326 e. The Bertz CT molecular complexity index is 1750. The van der Waals surface area contributed by atoms with Crippen LogP contribution >= 0.6 is 11.8 Å². The van der Waals surface area contributed by atoms with Crippen molar-refractivity contribution in [2.24, 2.45) is 0 Å². The Balaban J connectivity index is 1.50. The van der Waals surface area contributed by atoms with Gasteiger partial charge in [0.2, 0.25) is 17.8 Å². The Labute approximate surface area is 276 Å². The van der Waals surface area contributed by atoms with Crippen LogP contribution in [0.15, 0.2) is 47.3 Å². The van der Waals surface area contributed by atoms with Gasteiger partial charge in [0.05, 0.1) is 35.1 Å². The van der Waals surface area contributed by atoms with E-state index >= 15 is 0 Å². The summed E-state index contributed by atoms with van der Waals surface area (Å²) >= 11 is 0.977. The molecule has 5 atom stereocenters. The summed E-state index contributed by atoms with van der Waals surface area (Å²) in [5.74, 6) is -4.78. The molecule has 3 aromatic rings. The van der Waals surface area contributed by atoms with Gasteiger partial charge in [-0.05, 0) is 55.3 Å². The topological polar surface area (TPSA) is 275 Å². The number of carbonyl (C=O) groups excluding carboxylic acids is 3. The number of anilines is 2. The second kappa shape index (κ2) is 15.7. The lowest BCUT2D eigenvalue weighted by Gasteiger charge is -2.24. The highest BCUT2D eigenvalue weighted by molar-refractivity contribution is 8.00. The quantitative estimate of drug-likeness (QED) is 0.105. The first-order valence-electron chi connectivity index (χ1n) is 14.6. The van der Waals surface area contributed by atoms with Gasteiger partial charge in [0.1, 0.15) is 18.2 Å². The standard InChI is InChI=1S/C30H34N6O11S/c1-14-24(41)25(42)28(47-14)34-21(37)12-48-13-22(38)36(11-15-2-7-19-18(10-15)27(44)35-30(31)33-19)17-5-3-16(4-6-17)26(43)32-20(29(45)46)8-9-23(39)40/h2-7,10,14,20,24-25,28,41-42H,8-9,11-13H2,1H3,(H,32,43)(H,34,37)(H,39,40)(H,45,46)(H3,31,33,35,44)/t14?,20-,24?,25?,28?/m0/s1. The molecule has 4 rings (SSSR count). The third-order valence-corrected chi connectivity index (χ3v) is 8.30. The lowest BCUT2D eigenvalue weighted by molar-refractivity contribution is -0.140. The van der Waals surface area contributed by atoms with Crippen LogP contribution in [0.1, 0.15) is 35.7 Å². The molecule has 48 heavy (non-hydrogen) atoms. The van der Waals surface area contributed by atoms with E-state index in [0.29, 0.717) is 16.8 Å². The molecule has 2 heterocycles. The molecule has 18 heteroatoms. The molecule has 1 aromatic heterocycles. The van der Waals surface area contributed by atoms with E-state index in [1.165, 1.54) is 29.2 Å². The number of aliphatic hydroxyl groups excluding tert-OH is 2. The first-order valence-corrected chi connectivity index (χ1v) is 15.7. The largest absolute Gasteiger partial charge is 0.481 e. The number of aliphatic hydroxyl groups is 2. The van der Waals surface area contributed by atoms with Crippen LogP contribution in [0.25, 0.3) is 10.9 Å². The number of thioether (sulfide) groups is 1. The minimum Gasteiger partial charge on any atom is -0.481 e. The van der Waals surface area contributed by atoms with Gasteiger partial charge in [-0.15, -0.1) is 11.8 Å². The van der Waals surface area contributed by atoms with E-state index < -0.39 is 72.2 Å². The van der Waals surface area contributed by atoms with Crippen molar-refractivity contribution in [2.75, 3.05) is 22.1 Å². The van der Waals surface area contributed by atoms with E-state index in [1.54, 1.807) is 25.1 Å². The molecule has 0 bridgehead atoms. The molecule has 9 N–H and O–H groups in total. The van der Waals surface area contributed by atoms with Gasteiger partial charge in [0.15, 0.2) is 6.23 Å². The van der Waals surface area contributed by atoms with E-state index in [2.05, 4.69) is 20.6 Å². The van der Waals surface area contributed by atoms with Crippen molar-refractivity contribution in [3.05, 3.63) is 63.9 Å². The summed E-state index contributed by atoms with van der Waals surface area (Å²) < 4.78 is 5.34. The number of hydrogen-bond donors (Lipinski definition) is 8. The van der Waals surface area contributed by atoms with E-state index in [-0.39, 0.29) is 41.4 Å². The molecule has 1 aliphatic heterocycles. The third-order valence-electron chi connectivity index (χ3n) is 7.39. The number of benzene rings is 2. The number of aliphatic carboxylic acids is 2. The fourth-order valence-corrected chi connectivity index (χ4v) is 5.55. The Kier molecular flexibility index (Phi) is 11.7. The van der Waals surface area contributed by atoms with Crippen molar-refractivity contribution in [1.29, 1.82) is 0 Å². The van der Waals surface area contributed by atoms with Crippen LogP contribution in [0.4, 0.5) is 11.6 Å². The normalized spacial score (nSPS) is 19.4. The maximum Gasteiger partial charge on any atom is 0.326 e. The van der Waals surface area contributed by atoms with Gasteiger partial charge in [0, 0.05) is 17.7 Å². The maximum absolute atomic E-state index is 13.5. The first kappa shape index (κ1) is 35.8. The SMILES string of the molecule is CC1OC(NC(=O)CSCC(=O)N(Cc2ccc3nc(N)[nH]c(=O)c3c2)c2ccc(C(=O)N[C@@H](CCC(=O)O)C(=O)O)cc2)C(O)C1O. The van der Waals surface area contributed by atoms with E-state index in [4.69, 9.17) is 15.6 Å². The summed E-state index contributed by atoms with van der Waals surface area (Å²) in [6, 6.07) is 8.99. The monoisotopic (exact) mass is 686 g/mol. The van der Waals surface area contributed by atoms with Crippen molar-refractivity contribution in [2.45, 2.75) is 56.9 Å². The average molecular weight is 687 g/mol. The summed E-state index contributed by atoms with van der Waals surface area (Å²) in [4.78, 5) is 81.5. The number of aromatic amines is 1. The molecule has 1 aliphatic rings. The number of nitrogens with one attached hydrogen (secondary N) is 3. The zero-order valence-corrected chi connectivity index (χ0v) is 26.3. The zero-order chi connectivity index (χ0) is 35.1. The molecule has 256 valence electrons. The second-order valence-electron chi connectivity index (χ2n) is 10.9. The highest BCUT2D eigenvalue weighted by atomic mass is 32.2. The molecule has 0 aliphatic carbocycles. The molecular formula is C30H34N6O11S. The lowest BCUT2D eigenvalue weighted by Crippen LogP contribution is -2.44. The number of ether oxygens (including phenoxy) is 1. The molecule has 1 saturated heterocycles. The fraction of sp³-hybridized carbons (Fsp3) is 0.367. The minimum atomic E-state index is -1.43. The number of nitrogens with zero attached hydrogens (tertiary/aromatic N) is 2. The number of nitrogen functional groups attached to an aromatic ring is 1. The fourth-order valence-electron chi connectivity index (χ4n) is 4.85. The third kappa shape index (κ3) is 9.06. The number of rotatable bonds is 14. The summed E-state index contributed by atoms with van der Waals surface area (Å²) in [5.41, 5.74) is 6.42. The van der Waals surface area contributed by atoms with Gasteiger partial charge in [-0.2, -0.15) is 0 Å². The highest BCUT2D eigenvalue weighted by Gasteiger charge is 2.40. The van der Waals surface area contributed by atoms with Crippen molar-refractivity contribution in [3.63, 3.8) is 0 Å². The van der Waals surface area contributed by atoms with E-state index in [1.807, 2.05) is 0 Å². The van der Waals surface area contributed by atoms with Crippen LogP contribution in [0.3, 0.4) is 0 Å². The van der Waals surface area contributed by atoms with Gasteiger partial charge in [0.25, 0.3) is 11.5 Å². The number of carboxylic acids is 2. The van der Waals surface area contributed by atoms with Gasteiger partial charge in [-0.1, -0.05) is 6.07 Å². The molecule has 2 aromatic carbocycles. The number of carbonyl (C=O) groups is 5. The van der Waals surface area contributed by atoms with Crippen LogP contribution in [-0.2, 0) is 30.5 Å². The lowest BCUT2D eigenvalue weighted by atomic mass is 10.1. The number of fused-ring (bicyclic) bond motifs is 1. The molecule has 4 unspecified atom stereocenters. The van der Waals surface area contributed by atoms with Gasteiger partial charge in [-0.25, -0.2) is 9.78 Å². The van der Waals surface area contributed by atoms with Crippen LogP contribution < -0.4 is 26.8 Å². The number of carboxylic acid groups (broad SMARTS) is 2. The van der Waals surface area contributed by atoms with Crippen molar-refractivity contribution >= 4 is 64.0 Å². The number of nitrogens with two attached hydrogens (primary N) is 1. The Morgan fingerprint density at radius 1 is 1.06 bits per heavy atom.